The van der Waals surface area contributed by atoms with Gasteiger partial charge in [0.15, 0.2) is 0 Å². The molecular weight excluding hydrogens is 190 g/mol. The van der Waals surface area contributed by atoms with Crippen molar-refractivity contribution in [3.8, 4) is 17.6 Å². The third-order valence-electron chi connectivity index (χ3n) is 1.72. The van der Waals surface area contributed by atoms with Gasteiger partial charge in [-0.3, -0.25) is 4.98 Å². The molecule has 0 fully saturated rings. The number of nitriles is 1. The van der Waals surface area contributed by atoms with Crippen molar-refractivity contribution in [2.75, 3.05) is 0 Å². The minimum Gasteiger partial charge on any atom is -0.456 e. The predicted octanol–water partition coefficient (Wildman–Crippen LogP) is 2.14. The highest BCUT2D eigenvalue weighted by Gasteiger charge is 1.98. The number of pyridine rings is 2. The fraction of sp³-hybridized carbons (Fsp3) is 0. The summed E-state index contributed by atoms with van der Waals surface area (Å²) in [5.74, 6) is 1.21. The van der Waals surface area contributed by atoms with Crippen LogP contribution in [0.4, 0.5) is 0 Å². The topological polar surface area (TPSA) is 58.8 Å². The van der Waals surface area contributed by atoms with Gasteiger partial charge in [-0.2, -0.15) is 5.26 Å². The van der Waals surface area contributed by atoms with E-state index in [1.165, 1.54) is 6.20 Å². The number of hydrogen-bond acceptors (Lipinski definition) is 4. The maximum Gasteiger partial charge on any atom is 0.145 e. The molecule has 0 aromatic carbocycles. The summed E-state index contributed by atoms with van der Waals surface area (Å²) in [5, 5.41) is 8.65. The lowest BCUT2D eigenvalue weighted by molar-refractivity contribution is 0.479. The number of aromatic nitrogens is 2. The van der Waals surface area contributed by atoms with Crippen LogP contribution in [-0.2, 0) is 0 Å². The van der Waals surface area contributed by atoms with Crippen molar-refractivity contribution in [2.45, 2.75) is 0 Å². The van der Waals surface area contributed by atoms with Crippen LogP contribution >= 0.6 is 0 Å². The molecule has 0 aliphatic carbocycles. The molecule has 0 radical (unpaired) electrons. The van der Waals surface area contributed by atoms with E-state index in [1.807, 2.05) is 6.07 Å². The Labute approximate surface area is 86.8 Å². The molecule has 0 unspecified atom stereocenters. The van der Waals surface area contributed by atoms with E-state index >= 15 is 0 Å². The van der Waals surface area contributed by atoms with Crippen LogP contribution in [0.25, 0.3) is 0 Å². The van der Waals surface area contributed by atoms with Crippen molar-refractivity contribution in [3.63, 3.8) is 0 Å². The Morgan fingerprint density at radius 3 is 2.87 bits per heavy atom. The molecule has 2 aromatic rings. The smallest absolute Gasteiger partial charge is 0.145 e. The van der Waals surface area contributed by atoms with E-state index in [4.69, 9.17) is 10.00 Å². The normalized spacial score (nSPS) is 9.27. The zero-order valence-electron chi connectivity index (χ0n) is 7.79. The van der Waals surface area contributed by atoms with Crippen molar-refractivity contribution < 1.29 is 4.74 Å². The van der Waals surface area contributed by atoms with Gasteiger partial charge in [0.1, 0.15) is 23.3 Å². The fourth-order valence-corrected chi connectivity index (χ4v) is 1.08. The summed E-state index contributed by atoms with van der Waals surface area (Å²) in [4.78, 5) is 7.76. The zero-order chi connectivity index (χ0) is 10.5. The van der Waals surface area contributed by atoms with Crippen LogP contribution in [0.5, 0.6) is 11.5 Å². The molecule has 72 valence electrons. The highest BCUT2D eigenvalue weighted by molar-refractivity contribution is 5.33. The Bertz CT molecular complexity index is 491. The van der Waals surface area contributed by atoms with E-state index < -0.39 is 0 Å². The summed E-state index contributed by atoms with van der Waals surface area (Å²) in [6.07, 6.45) is 4.80. The van der Waals surface area contributed by atoms with E-state index in [9.17, 15) is 0 Å². The van der Waals surface area contributed by atoms with Gasteiger partial charge in [0.05, 0.1) is 6.20 Å². The third-order valence-corrected chi connectivity index (χ3v) is 1.72. The second-order valence-corrected chi connectivity index (χ2v) is 2.78. The fourth-order valence-electron chi connectivity index (χ4n) is 1.08. The minimum atomic E-state index is 0.330. The zero-order valence-corrected chi connectivity index (χ0v) is 7.79. The van der Waals surface area contributed by atoms with Gasteiger partial charge in [-0.15, -0.1) is 0 Å². The number of ether oxygens (including phenoxy) is 1. The highest BCUT2D eigenvalue weighted by Crippen LogP contribution is 2.19. The SMILES string of the molecule is N#Cc1cc(Oc2cccnc2)ccn1. The molecule has 2 heterocycles. The van der Waals surface area contributed by atoms with Gasteiger partial charge in [-0.05, 0) is 18.2 Å². The van der Waals surface area contributed by atoms with Gasteiger partial charge in [-0.1, -0.05) is 0 Å². The van der Waals surface area contributed by atoms with Crippen LogP contribution < -0.4 is 4.74 Å². The second-order valence-electron chi connectivity index (χ2n) is 2.78. The van der Waals surface area contributed by atoms with Gasteiger partial charge in [0.2, 0.25) is 0 Å². The van der Waals surface area contributed by atoms with Crippen LogP contribution in [0, 0.1) is 11.3 Å². The molecule has 4 heteroatoms. The quantitative estimate of drug-likeness (QED) is 0.740. The molecule has 0 N–H and O–H groups in total. The monoisotopic (exact) mass is 197 g/mol. The Morgan fingerprint density at radius 2 is 2.13 bits per heavy atom. The molecule has 0 bridgehead atoms. The molecule has 0 saturated carbocycles. The lowest BCUT2D eigenvalue weighted by Gasteiger charge is -2.03. The van der Waals surface area contributed by atoms with E-state index in [0.29, 0.717) is 17.2 Å². The van der Waals surface area contributed by atoms with E-state index in [0.717, 1.165) is 0 Å². The van der Waals surface area contributed by atoms with Crippen LogP contribution in [-0.4, -0.2) is 9.97 Å². The molecule has 2 rings (SSSR count). The molecule has 0 aliphatic rings. The van der Waals surface area contributed by atoms with Crippen LogP contribution in [0.15, 0.2) is 42.9 Å². The second kappa shape index (κ2) is 4.20. The number of nitrogens with zero attached hydrogens (tertiary/aromatic N) is 3. The first-order valence-electron chi connectivity index (χ1n) is 4.32. The first-order valence-corrected chi connectivity index (χ1v) is 4.32. The lowest BCUT2D eigenvalue weighted by Crippen LogP contribution is -1.87. The summed E-state index contributed by atoms with van der Waals surface area (Å²) >= 11 is 0. The highest BCUT2D eigenvalue weighted by atomic mass is 16.5. The largest absolute Gasteiger partial charge is 0.456 e. The maximum absolute atomic E-state index is 8.65. The van der Waals surface area contributed by atoms with E-state index in [2.05, 4.69) is 9.97 Å². The standard InChI is InChI=1S/C11H7N3O/c12-7-9-6-10(3-5-14-9)15-11-2-1-4-13-8-11/h1-6,8H. The van der Waals surface area contributed by atoms with Crippen LogP contribution in [0.2, 0.25) is 0 Å². The van der Waals surface area contributed by atoms with Gasteiger partial charge < -0.3 is 4.74 Å². The van der Waals surface area contributed by atoms with Crippen molar-refractivity contribution in [1.29, 1.82) is 5.26 Å². The molecule has 15 heavy (non-hydrogen) atoms. The lowest BCUT2D eigenvalue weighted by atomic mass is 10.3. The van der Waals surface area contributed by atoms with Crippen LogP contribution in [0.3, 0.4) is 0 Å². The maximum atomic E-state index is 8.65. The average molecular weight is 197 g/mol. The molecule has 4 nitrogen and oxygen atoms in total. The summed E-state index contributed by atoms with van der Waals surface area (Å²) in [6, 6.07) is 8.78. The molecule has 2 aromatic heterocycles. The van der Waals surface area contributed by atoms with Gasteiger partial charge in [0, 0.05) is 18.5 Å². The summed E-state index contributed by atoms with van der Waals surface area (Å²) in [7, 11) is 0. The van der Waals surface area contributed by atoms with E-state index in [1.54, 1.807) is 36.7 Å². The molecule has 0 aliphatic heterocycles. The summed E-state index contributed by atoms with van der Waals surface area (Å²) in [5.41, 5.74) is 0.330. The molecule has 0 saturated heterocycles. The van der Waals surface area contributed by atoms with Gasteiger partial charge in [-0.25, -0.2) is 4.98 Å². The first kappa shape index (κ1) is 9.16. The number of hydrogen-bond donors (Lipinski definition) is 0. The third kappa shape index (κ3) is 2.29. The average Bonchev–Trinajstić information content (AvgIpc) is 2.31. The van der Waals surface area contributed by atoms with Crippen molar-refractivity contribution >= 4 is 0 Å². The Kier molecular flexibility index (Phi) is 2.56. The molecule has 0 amide bonds. The summed E-state index contributed by atoms with van der Waals surface area (Å²) in [6.45, 7) is 0. The van der Waals surface area contributed by atoms with Crippen molar-refractivity contribution in [1.82, 2.24) is 9.97 Å². The molecular formula is C11H7N3O. The minimum absolute atomic E-state index is 0.330. The van der Waals surface area contributed by atoms with E-state index in [-0.39, 0.29) is 0 Å². The summed E-state index contributed by atoms with van der Waals surface area (Å²) < 4.78 is 5.47. The first-order chi connectivity index (χ1) is 7.38. The van der Waals surface area contributed by atoms with Gasteiger partial charge >= 0.3 is 0 Å². The van der Waals surface area contributed by atoms with Crippen LogP contribution in [0.1, 0.15) is 5.69 Å². The predicted molar refractivity (Wildman–Crippen MR) is 53.3 cm³/mol. The Hall–Kier alpha value is -2.41. The molecule has 0 atom stereocenters. The molecule has 0 spiro atoms. The van der Waals surface area contributed by atoms with Crippen molar-refractivity contribution in [2.24, 2.45) is 0 Å². The number of rotatable bonds is 2. The Morgan fingerprint density at radius 1 is 1.20 bits per heavy atom. The van der Waals surface area contributed by atoms with Crippen molar-refractivity contribution in [3.05, 3.63) is 48.5 Å². The van der Waals surface area contributed by atoms with Gasteiger partial charge in [0.25, 0.3) is 0 Å². The Balaban J connectivity index is 2.22.